The van der Waals surface area contributed by atoms with Crippen molar-refractivity contribution in [1.29, 1.82) is 0 Å². The molecule has 0 aliphatic carbocycles. The van der Waals surface area contributed by atoms with Crippen LogP contribution in [-0.4, -0.2) is 34.1 Å². The van der Waals surface area contributed by atoms with E-state index >= 15 is 0 Å². The summed E-state index contributed by atoms with van der Waals surface area (Å²) >= 11 is 1.38. The number of thiazole rings is 1. The molecule has 0 amide bonds. The molecule has 96 valence electrons. The number of nitrogens with zero attached hydrogens (tertiary/aromatic N) is 3. The molecule has 0 aromatic carbocycles. The van der Waals surface area contributed by atoms with Crippen molar-refractivity contribution in [2.75, 3.05) is 25.1 Å². The quantitative estimate of drug-likeness (QED) is 0.675. The number of aromatic nitrogens is 2. The maximum atomic E-state index is 11.1. The highest BCUT2D eigenvalue weighted by molar-refractivity contribution is 7.15. The van der Waals surface area contributed by atoms with Crippen LogP contribution >= 0.6 is 11.3 Å². The first kappa shape index (κ1) is 11.4. The van der Waals surface area contributed by atoms with Crippen molar-refractivity contribution in [1.82, 2.24) is 9.38 Å². The Balaban J connectivity index is 1.83. The number of ether oxygens (including phenoxy) is 1. The second kappa shape index (κ2) is 4.54. The molecule has 0 unspecified atom stereocenters. The number of rotatable bonds is 4. The van der Waals surface area contributed by atoms with Crippen LogP contribution in [0, 0.1) is 16.0 Å². The molecule has 0 bridgehead atoms. The molecule has 1 aliphatic rings. The van der Waals surface area contributed by atoms with Crippen LogP contribution < -0.4 is 5.32 Å². The van der Waals surface area contributed by atoms with Gasteiger partial charge in [-0.15, -0.1) is 0 Å². The predicted molar refractivity (Wildman–Crippen MR) is 67.1 cm³/mol. The van der Waals surface area contributed by atoms with Crippen LogP contribution in [0.2, 0.25) is 0 Å². The van der Waals surface area contributed by atoms with E-state index in [4.69, 9.17) is 4.74 Å². The number of anilines is 1. The Labute approximate surface area is 107 Å². The molecule has 1 fully saturated rings. The van der Waals surface area contributed by atoms with Gasteiger partial charge < -0.3 is 20.2 Å². The van der Waals surface area contributed by atoms with Gasteiger partial charge in [0.2, 0.25) is 5.82 Å². The molecule has 3 rings (SSSR count). The molecular weight excluding hydrogens is 256 g/mol. The third-order valence-corrected chi connectivity index (χ3v) is 3.75. The van der Waals surface area contributed by atoms with Gasteiger partial charge in [-0.25, -0.2) is 0 Å². The summed E-state index contributed by atoms with van der Waals surface area (Å²) in [6, 6.07) is 0. The van der Waals surface area contributed by atoms with Gasteiger partial charge in [-0.05, 0) is 11.3 Å². The Kier molecular flexibility index (Phi) is 2.88. The van der Waals surface area contributed by atoms with Crippen molar-refractivity contribution in [3.63, 3.8) is 0 Å². The zero-order valence-corrected chi connectivity index (χ0v) is 10.4. The van der Waals surface area contributed by atoms with Gasteiger partial charge in [0.15, 0.2) is 0 Å². The third kappa shape index (κ3) is 1.93. The van der Waals surface area contributed by atoms with Gasteiger partial charge >= 0.3 is 5.82 Å². The Hall–Kier alpha value is -1.67. The summed E-state index contributed by atoms with van der Waals surface area (Å²) in [7, 11) is 0. The van der Waals surface area contributed by atoms with Gasteiger partial charge in [0.25, 0.3) is 4.96 Å². The van der Waals surface area contributed by atoms with E-state index in [1.807, 2.05) is 0 Å². The number of hydrogen-bond donors (Lipinski definition) is 1. The SMILES string of the molecule is O=[N+]([O-])c1c(NC[C@@H]2CCOC2)nc2sccn12. The zero-order chi connectivity index (χ0) is 12.5. The molecule has 8 heteroatoms. The summed E-state index contributed by atoms with van der Waals surface area (Å²) in [4.78, 5) is 15.5. The van der Waals surface area contributed by atoms with Crippen LogP contribution in [0.4, 0.5) is 11.6 Å². The fraction of sp³-hybridized carbons (Fsp3) is 0.500. The largest absolute Gasteiger partial charge is 0.381 e. The molecule has 1 atom stereocenters. The lowest BCUT2D eigenvalue weighted by atomic mass is 10.1. The lowest BCUT2D eigenvalue weighted by molar-refractivity contribution is -0.389. The highest BCUT2D eigenvalue weighted by atomic mass is 32.1. The van der Waals surface area contributed by atoms with Gasteiger partial charge in [-0.3, -0.25) is 0 Å². The van der Waals surface area contributed by atoms with Crippen molar-refractivity contribution < 1.29 is 9.66 Å². The molecule has 7 nitrogen and oxygen atoms in total. The molecule has 2 aromatic heterocycles. The summed E-state index contributed by atoms with van der Waals surface area (Å²) in [5.41, 5.74) is 0. The minimum absolute atomic E-state index is 0.00478. The highest BCUT2D eigenvalue weighted by Gasteiger charge is 2.24. The zero-order valence-electron chi connectivity index (χ0n) is 9.54. The molecule has 18 heavy (non-hydrogen) atoms. The summed E-state index contributed by atoms with van der Waals surface area (Å²) in [5, 5.41) is 15.9. The molecule has 1 N–H and O–H groups in total. The molecule has 2 aromatic rings. The van der Waals surface area contributed by atoms with Gasteiger partial charge in [0, 0.05) is 24.4 Å². The summed E-state index contributed by atoms with van der Waals surface area (Å²) in [5.74, 6) is 0.758. The van der Waals surface area contributed by atoms with Crippen molar-refractivity contribution in [3.8, 4) is 0 Å². The fourth-order valence-corrected chi connectivity index (χ4v) is 2.76. The lowest BCUT2D eigenvalue weighted by Gasteiger charge is -2.07. The minimum Gasteiger partial charge on any atom is -0.381 e. The molecule has 3 heterocycles. The standard InChI is InChI=1S/C10H12N4O3S/c15-14(16)9-8(11-5-7-1-3-17-6-7)12-10-13(9)2-4-18-10/h2,4,7,11H,1,3,5-6H2/t7-/m0/s1. The lowest BCUT2D eigenvalue weighted by Crippen LogP contribution is -2.15. The second-order valence-electron chi connectivity index (χ2n) is 4.21. The van der Waals surface area contributed by atoms with E-state index in [1.54, 1.807) is 11.6 Å². The molecule has 1 aliphatic heterocycles. The van der Waals surface area contributed by atoms with Crippen molar-refractivity contribution in [2.24, 2.45) is 5.92 Å². The Morgan fingerprint density at radius 3 is 3.33 bits per heavy atom. The Bertz CT molecular complexity index is 573. The van der Waals surface area contributed by atoms with Crippen LogP contribution in [0.3, 0.4) is 0 Å². The number of hydrogen-bond acceptors (Lipinski definition) is 6. The first-order valence-electron chi connectivity index (χ1n) is 5.67. The minimum atomic E-state index is -0.403. The van der Waals surface area contributed by atoms with Crippen LogP contribution in [0.25, 0.3) is 4.96 Å². The number of imidazole rings is 1. The van der Waals surface area contributed by atoms with Crippen molar-refractivity contribution in [3.05, 3.63) is 21.7 Å². The van der Waals surface area contributed by atoms with E-state index in [0.29, 0.717) is 29.8 Å². The molecular formula is C10H12N4O3S. The summed E-state index contributed by atoms with van der Waals surface area (Å²) in [6.07, 6.45) is 2.65. The average Bonchev–Trinajstić information content (AvgIpc) is 3.01. The monoisotopic (exact) mass is 268 g/mol. The Morgan fingerprint density at radius 2 is 2.61 bits per heavy atom. The topological polar surface area (TPSA) is 81.7 Å². The van der Waals surface area contributed by atoms with Gasteiger partial charge in [0.05, 0.1) is 6.61 Å². The van der Waals surface area contributed by atoms with E-state index in [-0.39, 0.29) is 5.82 Å². The maximum absolute atomic E-state index is 11.1. The second-order valence-corrected chi connectivity index (χ2v) is 5.08. The number of nitrogens with one attached hydrogen (secondary N) is 1. The highest BCUT2D eigenvalue weighted by Crippen LogP contribution is 2.28. The number of nitro groups is 1. The van der Waals surface area contributed by atoms with E-state index in [1.165, 1.54) is 15.7 Å². The van der Waals surface area contributed by atoms with Crippen molar-refractivity contribution in [2.45, 2.75) is 6.42 Å². The first-order chi connectivity index (χ1) is 8.75. The molecule has 0 saturated carbocycles. The summed E-state index contributed by atoms with van der Waals surface area (Å²) in [6.45, 7) is 2.14. The van der Waals surface area contributed by atoms with Crippen LogP contribution in [0.15, 0.2) is 11.6 Å². The van der Waals surface area contributed by atoms with Gasteiger partial charge in [-0.2, -0.15) is 9.38 Å². The van der Waals surface area contributed by atoms with E-state index in [9.17, 15) is 10.1 Å². The number of fused-ring (bicyclic) bond motifs is 1. The van der Waals surface area contributed by atoms with Crippen molar-refractivity contribution >= 4 is 27.9 Å². The van der Waals surface area contributed by atoms with E-state index in [0.717, 1.165) is 13.0 Å². The first-order valence-corrected chi connectivity index (χ1v) is 6.55. The van der Waals surface area contributed by atoms with Crippen LogP contribution in [0.5, 0.6) is 0 Å². The van der Waals surface area contributed by atoms with E-state index in [2.05, 4.69) is 10.3 Å². The van der Waals surface area contributed by atoms with Gasteiger partial charge in [-0.1, -0.05) is 11.3 Å². The molecule has 0 radical (unpaired) electrons. The fourth-order valence-electron chi connectivity index (χ4n) is 2.05. The van der Waals surface area contributed by atoms with E-state index < -0.39 is 4.92 Å². The van der Waals surface area contributed by atoms with Crippen LogP contribution in [-0.2, 0) is 4.74 Å². The Morgan fingerprint density at radius 1 is 1.72 bits per heavy atom. The predicted octanol–water partition coefficient (Wildman–Crippen LogP) is 1.75. The van der Waals surface area contributed by atoms with Gasteiger partial charge in [0.1, 0.15) is 6.20 Å². The smallest absolute Gasteiger partial charge is 0.372 e. The van der Waals surface area contributed by atoms with Crippen LogP contribution in [0.1, 0.15) is 6.42 Å². The molecule has 1 saturated heterocycles. The normalized spacial score (nSPS) is 19.4. The molecule has 0 spiro atoms. The third-order valence-electron chi connectivity index (χ3n) is 2.99. The maximum Gasteiger partial charge on any atom is 0.372 e. The summed E-state index contributed by atoms with van der Waals surface area (Å²) < 4.78 is 6.77. The average molecular weight is 268 g/mol.